The topological polar surface area (TPSA) is 33.0 Å². The fourth-order valence-corrected chi connectivity index (χ4v) is 3.80. The van der Waals surface area contributed by atoms with E-state index in [1.807, 2.05) is 84.9 Å². The average molecular weight is 475 g/mol. The molecule has 0 unspecified atom stereocenters. The fraction of sp³-hybridized carbons (Fsp3) is 0.0385. The molecule has 4 rings (SSSR count). The van der Waals surface area contributed by atoms with Crippen LogP contribution in [0.1, 0.15) is 16.7 Å². The van der Waals surface area contributed by atoms with Crippen molar-refractivity contribution in [2.75, 3.05) is 0 Å². The second kappa shape index (κ2) is 9.17. The molecule has 0 bridgehead atoms. The van der Waals surface area contributed by atoms with Crippen LogP contribution in [0.2, 0.25) is 5.02 Å². The minimum absolute atomic E-state index is 0.347. The maximum Gasteiger partial charge on any atom is 0.127 e. The Morgan fingerprint density at radius 1 is 0.933 bits per heavy atom. The Morgan fingerprint density at radius 2 is 1.70 bits per heavy atom. The minimum Gasteiger partial charge on any atom is -0.488 e. The molecule has 30 heavy (non-hydrogen) atoms. The Hall–Kier alpha value is -3.06. The van der Waals surface area contributed by atoms with Gasteiger partial charge in [0.05, 0.1) is 11.6 Å². The molecular formula is C26H17BrClNO. The van der Waals surface area contributed by atoms with Crippen LogP contribution in [0.3, 0.4) is 0 Å². The molecule has 4 heteroatoms. The third-order valence-electron chi connectivity index (χ3n) is 4.79. The molecule has 0 aliphatic carbocycles. The Labute approximate surface area is 189 Å². The van der Waals surface area contributed by atoms with Crippen molar-refractivity contribution in [1.29, 1.82) is 5.26 Å². The molecular weight excluding hydrogens is 458 g/mol. The molecule has 146 valence electrons. The number of nitrogens with zero attached hydrogens (tertiary/aromatic N) is 1. The summed E-state index contributed by atoms with van der Waals surface area (Å²) in [6.45, 7) is 0.347. The van der Waals surface area contributed by atoms with Crippen molar-refractivity contribution in [2.24, 2.45) is 0 Å². The SMILES string of the molecule is N#C/C(=C/c1cc(Br)ccc1OCc1ccccc1Cl)c1ccc2ccccc2c1. The number of benzene rings is 4. The minimum atomic E-state index is 0.347. The van der Waals surface area contributed by atoms with Gasteiger partial charge in [-0.2, -0.15) is 5.26 Å². The lowest BCUT2D eigenvalue weighted by atomic mass is 10.00. The molecule has 0 fully saturated rings. The number of hydrogen-bond acceptors (Lipinski definition) is 2. The molecule has 4 aromatic rings. The van der Waals surface area contributed by atoms with Crippen LogP contribution >= 0.6 is 27.5 Å². The van der Waals surface area contributed by atoms with Crippen molar-refractivity contribution in [3.63, 3.8) is 0 Å². The second-order valence-electron chi connectivity index (χ2n) is 6.79. The predicted molar refractivity (Wildman–Crippen MR) is 127 cm³/mol. The summed E-state index contributed by atoms with van der Waals surface area (Å²) >= 11 is 9.76. The summed E-state index contributed by atoms with van der Waals surface area (Å²) in [5, 5.41) is 12.7. The van der Waals surface area contributed by atoms with E-state index in [1.165, 1.54) is 0 Å². The smallest absolute Gasteiger partial charge is 0.127 e. The lowest BCUT2D eigenvalue weighted by Gasteiger charge is -2.12. The molecule has 0 aliphatic rings. The summed E-state index contributed by atoms with van der Waals surface area (Å²) in [7, 11) is 0. The van der Waals surface area contributed by atoms with Gasteiger partial charge in [-0.25, -0.2) is 0 Å². The zero-order chi connectivity index (χ0) is 20.9. The van der Waals surface area contributed by atoms with Gasteiger partial charge in [0, 0.05) is 20.6 Å². The van der Waals surface area contributed by atoms with Gasteiger partial charge in [0.25, 0.3) is 0 Å². The quantitative estimate of drug-likeness (QED) is 0.217. The summed E-state index contributed by atoms with van der Waals surface area (Å²) in [4.78, 5) is 0. The van der Waals surface area contributed by atoms with Crippen molar-refractivity contribution in [2.45, 2.75) is 6.61 Å². The van der Waals surface area contributed by atoms with Gasteiger partial charge >= 0.3 is 0 Å². The van der Waals surface area contributed by atoms with E-state index in [1.54, 1.807) is 0 Å². The van der Waals surface area contributed by atoms with E-state index in [4.69, 9.17) is 16.3 Å². The maximum atomic E-state index is 9.83. The van der Waals surface area contributed by atoms with Crippen LogP contribution in [0.15, 0.2) is 89.4 Å². The third-order valence-corrected chi connectivity index (χ3v) is 5.66. The first kappa shape index (κ1) is 20.2. The highest BCUT2D eigenvalue weighted by molar-refractivity contribution is 9.10. The van der Waals surface area contributed by atoms with Gasteiger partial charge in [-0.1, -0.05) is 82.1 Å². The van der Waals surface area contributed by atoms with Gasteiger partial charge in [0.15, 0.2) is 0 Å². The predicted octanol–water partition coefficient (Wildman–Crippen LogP) is 7.90. The first-order valence-electron chi connectivity index (χ1n) is 9.41. The van der Waals surface area contributed by atoms with E-state index in [9.17, 15) is 5.26 Å². The Balaban J connectivity index is 1.69. The summed E-state index contributed by atoms with van der Waals surface area (Å²) < 4.78 is 6.96. The van der Waals surface area contributed by atoms with E-state index >= 15 is 0 Å². The summed E-state index contributed by atoms with van der Waals surface area (Å²) in [5.41, 5.74) is 3.17. The van der Waals surface area contributed by atoms with E-state index < -0.39 is 0 Å². The van der Waals surface area contributed by atoms with Crippen LogP contribution in [0.4, 0.5) is 0 Å². The number of nitriles is 1. The number of rotatable bonds is 5. The first-order valence-corrected chi connectivity index (χ1v) is 10.6. The number of fused-ring (bicyclic) bond motifs is 1. The number of allylic oxidation sites excluding steroid dienone is 1. The van der Waals surface area contributed by atoms with Crippen molar-refractivity contribution in [1.82, 2.24) is 0 Å². The number of ether oxygens (including phenoxy) is 1. The first-order chi connectivity index (χ1) is 14.6. The number of hydrogen-bond donors (Lipinski definition) is 0. The highest BCUT2D eigenvalue weighted by atomic mass is 79.9. The molecule has 0 aromatic heterocycles. The molecule has 0 heterocycles. The molecule has 0 saturated heterocycles. The standard InChI is InChI=1S/C26H17BrClNO/c27-24-11-12-26(30-17-21-7-3-4-8-25(21)28)22(15-24)14-23(16-29)20-10-9-18-5-1-2-6-19(18)13-20/h1-15H,17H2/b23-14-. The van der Waals surface area contributed by atoms with Gasteiger partial charge in [0.2, 0.25) is 0 Å². The van der Waals surface area contributed by atoms with Crippen LogP contribution in [-0.4, -0.2) is 0 Å². The Kier molecular flexibility index (Phi) is 6.18. The zero-order valence-corrected chi connectivity index (χ0v) is 18.3. The summed E-state index contributed by atoms with van der Waals surface area (Å²) in [6, 6.07) is 29.8. The Bertz CT molecular complexity index is 1290. The van der Waals surface area contributed by atoms with Crippen LogP contribution < -0.4 is 4.74 Å². The molecule has 0 atom stereocenters. The molecule has 0 N–H and O–H groups in total. The fourth-order valence-electron chi connectivity index (χ4n) is 3.23. The van der Waals surface area contributed by atoms with E-state index in [0.717, 1.165) is 31.9 Å². The van der Waals surface area contributed by atoms with Gasteiger partial charge in [-0.05, 0) is 52.7 Å². The molecule has 0 spiro atoms. The van der Waals surface area contributed by atoms with Crippen molar-refractivity contribution < 1.29 is 4.74 Å². The summed E-state index contributed by atoms with van der Waals surface area (Å²) in [5.74, 6) is 0.687. The monoisotopic (exact) mass is 473 g/mol. The van der Waals surface area contributed by atoms with Crippen LogP contribution in [-0.2, 0) is 6.61 Å². The van der Waals surface area contributed by atoms with Crippen LogP contribution in [0, 0.1) is 11.3 Å². The largest absolute Gasteiger partial charge is 0.488 e. The van der Waals surface area contributed by atoms with E-state index in [0.29, 0.717) is 23.0 Å². The molecule has 0 saturated carbocycles. The molecule has 0 aliphatic heterocycles. The lowest BCUT2D eigenvalue weighted by molar-refractivity contribution is 0.305. The second-order valence-corrected chi connectivity index (χ2v) is 8.12. The normalized spacial score (nSPS) is 11.3. The maximum absolute atomic E-state index is 9.83. The van der Waals surface area contributed by atoms with Gasteiger partial charge in [-0.15, -0.1) is 0 Å². The van der Waals surface area contributed by atoms with Crippen molar-refractivity contribution in [3.05, 3.63) is 111 Å². The Morgan fingerprint density at radius 3 is 2.50 bits per heavy atom. The van der Waals surface area contributed by atoms with E-state index in [-0.39, 0.29) is 0 Å². The van der Waals surface area contributed by atoms with E-state index in [2.05, 4.69) is 28.1 Å². The molecule has 4 aromatic carbocycles. The van der Waals surface area contributed by atoms with Crippen molar-refractivity contribution >= 4 is 50.0 Å². The highest BCUT2D eigenvalue weighted by Gasteiger charge is 2.09. The molecule has 0 radical (unpaired) electrons. The summed E-state index contributed by atoms with van der Waals surface area (Å²) in [6.07, 6.45) is 1.86. The molecule has 0 amide bonds. The van der Waals surface area contributed by atoms with Gasteiger partial charge < -0.3 is 4.74 Å². The van der Waals surface area contributed by atoms with Crippen LogP contribution in [0.25, 0.3) is 22.4 Å². The van der Waals surface area contributed by atoms with Crippen molar-refractivity contribution in [3.8, 4) is 11.8 Å². The molecule has 2 nitrogen and oxygen atoms in total. The third kappa shape index (κ3) is 4.57. The van der Waals surface area contributed by atoms with Gasteiger partial charge in [-0.3, -0.25) is 0 Å². The zero-order valence-electron chi connectivity index (χ0n) is 16.0. The number of halogens is 2. The van der Waals surface area contributed by atoms with Crippen LogP contribution in [0.5, 0.6) is 5.75 Å². The average Bonchev–Trinajstić information content (AvgIpc) is 2.77. The highest BCUT2D eigenvalue weighted by Crippen LogP contribution is 2.30. The van der Waals surface area contributed by atoms with Gasteiger partial charge in [0.1, 0.15) is 12.4 Å². The lowest BCUT2D eigenvalue weighted by Crippen LogP contribution is -1.98.